The number of aromatic nitrogens is 6. The fourth-order valence-electron chi connectivity index (χ4n) is 8.68. The molecule has 0 unspecified atom stereocenters. The number of nitrogens with zero attached hydrogens (tertiary/aromatic N) is 9. The fourth-order valence-corrected chi connectivity index (χ4v) is 10.00. The molecule has 0 atom stereocenters. The number of methoxy groups -OCH3 is 4. The maximum absolute atomic E-state index is 13.5. The Balaban J connectivity index is 0.000000191. The van der Waals surface area contributed by atoms with Gasteiger partial charge in [-0.3, -0.25) is 9.59 Å². The van der Waals surface area contributed by atoms with Crippen LogP contribution in [-0.4, -0.2) is 149 Å². The minimum Gasteiger partial charge on any atom is -0.493 e. The molecule has 22 heteroatoms. The zero-order chi connectivity index (χ0) is 54.1. The summed E-state index contributed by atoms with van der Waals surface area (Å²) in [7, 11) is 6.37. The normalized spacial score (nSPS) is 13.9. The van der Waals surface area contributed by atoms with Crippen molar-refractivity contribution in [1.82, 2.24) is 49.9 Å². The van der Waals surface area contributed by atoms with Gasteiger partial charge in [-0.1, -0.05) is 24.3 Å². The van der Waals surface area contributed by atoms with Crippen molar-refractivity contribution in [2.75, 3.05) is 91.4 Å². The van der Waals surface area contributed by atoms with Crippen molar-refractivity contribution in [3.8, 4) is 45.8 Å². The van der Waals surface area contributed by atoms with E-state index < -0.39 is 5.60 Å². The first kappa shape index (κ1) is 53.6. The first-order chi connectivity index (χ1) is 37.3. The van der Waals surface area contributed by atoms with Crippen LogP contribution in [0.2, 0.25) is 0 Å². The Labute approximate surface area is 453 Å². The molecule has 6 heterocycles. The second kappa shape index (κ2) is 24.2. The van der Waals surface area contributed by atoms with Gasteiger partial charge in [-0.05, 0) is 88.7 Å². The summed E-state index contributed by atoms with van der Waals surface area (Å²) < 4.78 is 27.1. The topological polar surface area (TPSA) is 221 Å². The van der Waals surface area contributed by atoms with Crippen LogP contribution in [0.25, 0.3) is 43.5 Å². The van der Waals surface area contributed by atoms with Crippen LogP contribution >= 0.6 is 22.7 Å². The number of ether oxygens (including phenoxy) is 5. The molecular weight excluding hydrogens is 1020 g/mol. The third kappa shape index (κ3) is 12.9. The molecule has 0 aliphatic carbocycles. The Morgan fingerprint density at radius 1 is 0.545 bits per heavy atom. The number of carbonyl (C=O) groups is 3. The SMILES string of the molecule is COc1ccc(Nc2nc(-c3cccc(C(=O)N4CCCN(C(=O)OC(C)(C)C)CC4)c3)nc3scnc23)cc1OC.COc1ccc(Nc2nc(-c3cccc(C(=O)N4CCCNCC4)c3)nc3scnc23)cc1OC. The number of carbonyl (C=O) groups excluding carboxylic acids is 3. The van der Waals surface area contributed by atoms with Crippen LogP contribution < -0.4 is 34.9 Å². The Hall–Kier alpha value is -8.21. The number of nitrogens with one attached hydrogen (secondary N) is 3. The summed E-state index contributed by atoms with van der Waals surface area (Å²) in [4.78, 5) is 74.0. The third-order valence-corrected chi connectivity index (χ3v) is 13.9. The molecule has 0 saturated carbocycles. The van der Waals surface area contributed by atoms with Crippen LogP contribution in [0.1, 0.15) is 54.3 Å². The van der Waals surface area contributed by atoms with Crippen LogP contribution in [-0.2, 0) is 4.74 Å². The van der Waals surface area contributed by atoms with Gasteiger partial charge in [-0.15, -0.1) is 22.7 Å². The average Bonchev–Trinajstić information content (AvgIpc) is 3.99. The van der Waals surface area contributed by atoms with Gasteiger partial charge >= 0.3 is 6.09 Å². The fraction of sp³-hybridized carbons (Fsp3) is 0.327. The number of benzene rings is 4. The zero-order valence-corrected chi connectivity index (χ0v) is 45.5. The Bertz CT molecular complexity index is 3390. The van der Waals surface area contributed by atoms with Gasteiger partial charge in [0.25, 0.3) is 11.8 Å². The van der Waals surface area contributed by atoms with Gasteiger partial charge in [-0.2, -0.15) is 0 Å². The molecule has 77 heavy (non-hydrogen) atoms. The number of rotatable bonds is 12. The number of anilines is 4. The van der Waals surface area contributed by atoms with E-state index in [2.05, 4.69) is 25.9 Å². The van der Waals surface area contributed by atoms with Gasteiger partial charge in [0.05, 0.1) is 39.5 Å². The largest absolute Gasteiger partial charge is 0.493 e. The molecule has 0 bridgehead atoms. The summed E-state index contributed by atoms with van der Waals surface area (Å²) in [6, 6.07) is 25.9. The Morgan fingerprint density at radius 2 is 1.03 bits per heavy atom. The lowest BCUT2D eigenvalue weighted by atomic mass is 10.1. The summed E-state index contributed by atoms with van der Waals surface area (Å²) in [5, 5.41) is 10.0. The van der Waals surface area contributed by atoms with E-state index in [0.29, 0.717) is 113 Å². The lowest BCUT2D eigenvalue weighted by Gasteiger charge is -2.26. The van der Waals surface area contributed by atoms with Crippen molar-refractivity contribution in [2.24, 2.45) is 0 Å². The second-order valence-corrected chi connectivity index (χ2v) is 20.5. The van der Waals surface area contributed by atoms with Crippen LogP contribution in [0.15, 0.2) is 96.0 Å². The van der Waals surface area contributed by atoms with Crippen LogP contribution in [0.4, 0.5) is 27.8 Å². The average molecular weight is 1080 g/mol. The Kier molecular flexibility index (Phi) is 16.8. The molecule has 8 aromatic rings. The number of fused-ring (bicyclic) bond motifs is 2. The first-order valence-corrected chi connectivity index (χ1v) is 26.8. The zero-order valence-electron chi connectivity index (χ0n) is 43.9. The van der Waals surface area contributed by atoms with Crippen LogP contribution in [0.5, 0.6) is 23.0 Å². The molecule has 3 amide bonds. The summed E-state index contributed by atoms with van der Waals surface area (Å²) in [6.45, 7) is 10.6. The van der Waals surface area contributed by atoms with Crippen molar-refractivity contribution < 1.29 is 38.1 Å². The molecule has 2 saturated heterocycles. The molecule has 0 spiro atoms. The van der Waals surface area contributed by atoms with Crippen molar-refractivity contribution in [3.05, 3.63) is 107 Å². The van der Waals surface area contributed by atoms with Gasteiger partial charge in [0.15, 0.2) is 46.3 Å². The molecule has 2 fully saturated rings. The highest BCUT2D eigenvalue weighted by Crippen LogP contribution is 2.36. The predicted molar refractivity (Wildman–Crippen MR) is 299 cm³/mol. The van der Waals surface area contributed by atoms with E-state index in [1.54, 1.807) is 61.4 Å². The van der Waals surface area contributed by atoms with Crippen molar-refractivity contribution >= 4 is 84.3 Å². The lowest BCUT2D eigenvalue weighted by Crippen LogP contribution is -2.40. The molecule has 2 aliphatic heterocycles. The molecule has 400 valence electrons. The van der Waals surface area contributed by atoms with Gasteiger partial charge < -0.3 is 54.3 Å². The van der Waals surface area contributed by atoms with Gasteiger partial charge in [0, 0.05) is 91.6 Å². The third-order valence-electron chi connectivity index (χ3n) is 12.5. The van der Waals surface area contributed by atoms with Gasteiger partial charge in [0.1, 0.15) is 26.3 Å². The quantitative estimate of drug-likeness (QED) is 0.104. The maximum atomic E-state index is 13.5. The molecule has 4 aromatic carbocycles. The maximum Gasteiger partial charge on any atom is 0.410 e. The number of hydrogen-bond acceptors (Lipinski definition) is 19. The van der Waals surface area contributed by atoms with E-state index in [1.807, 2.05) is 98.5 Å². The van der Waals surface area contributed by atoms with Crippen LogP contribution in [0.3, 0.4) is 0 Å². The summed E-state index contributed by atoms with van der Waals surface area (Å²) in [6.07, 6.45) is 1.26. The van der Waals surface area contributed by atoms with E-state index >= 15 is 0 Å². The molecule has 20 nitrogen and oxygen atoms in total. The molecule has 0 radical (unpaired) electrons. The smallest absolute Gasteiger partial charge is 0.410 e. The number of amides is 3. The summed E-state index contributed by atoms with van der Waals surface area (Å²) in [5.74, 6) is 4.48. The number of hydrogen-bond donors (Lipinski definition) is 3. The van der Waals surface area contributed by atoms with E-state index in [9.17, 15) is 14.4 Å². The Morgan fingerprint density at radius 3 is 1.53 bits per heavy atom. The summed E-state index contributed by atoms with van der Waals surface area (Å²) >= 11 is 2.85. The molecular formula is C55H60N12O8S2. The van der Waals surface area contributed by atoms with Gasteiger partial charge in [-0.25, -0.2) is 34.7 Å². The number of thiazole rings is 2. The first-order valence-electron chi connectivity index (χ1n) is 25.0. The van der Waals surface area contributed by atoms with E-state index in [4.69, 9.17) is 43.6 Å². The highest BCUT2D eigenvalue weighted by Gasteiger charge is 2.27. The summed E-state index contributed by atoms with van der Waals surface area (Å²) in [5.41, 5.74) is 8.39. The second-order valence-electron chi connectivity index (χ2n) is 18.9. The highest BCUT2D eigenvalue weighted by molar-refractivity contribution is 7.16. The minimum absolute atomic E-state index is 0.0260. The van der Waals surface area contributed by atoms with Crippen LogP contribution in [0, 0.1) is 0 Å². The highest BCUT2D eigenvalue weighted by atomic mass is 32.1. The van der Waals surface area contributed by atoms with E-state index in [-0.39, 0.29) is 17.9 Å². The van der Waals surface area contributed by atoms with Crippen molar-refractivity contribution in [3.63, 3.8) is 0 Å². The molecule has 2 aliphatic rings. The molecule has 10 rings (SSSR count). The monoisotopic (exact) mass is 1080 g/mol. The van der Waals surface area contributed by atoms with E-state index in [1.165, 1.54) is 22.7 Å². The minimum atomic E-state index is -0.569. The molecule has 4 aromatic heterocycles. The lowest BCUT2D eigenvalue weighted by molar-refractivity contribution is 0.0255. The predicted octanol–water partition coefficient (Wildman–Crippen LogP) is 9.55. The van der Waals surface area contributed by atoms with Crippen molar-refractivity contribution in [1.29, 1.82) is 0 Å². The van der Waals surface area contributed by atoms with Crippen molar-refractivity contribution in [2.45, 2.75) is 39.2 Å². The van der Waals surface area contributed by atoms with Gasteiger partial charge in [0.2, 0.25) is 0 Å². The standard InChI is InChI=1S/C30H34N6O5S.C25H26N6O3S/c1-30(2,3)41-29(38)36-13-7-12-35(14-15-36)28(37)20-9-6-8-19(16-20)25-33-26(24-27(34-25)42-18-31-24)32-21-10-11-22(39-4)23(17-21)40-5;1-33-19-8-7-18(14-20(19)34-2)28-23-21-24(35-15-27-21)30-22(29-23)16-5-3-6-17(13-16)25(32)31-11-4-9-26-10-12-31/h6,8-11,16-18H,7,12-15H2,1-5H3,(H,32,33,34);3,5-8,13-15,26H,4,9-12H2,1-2H3,(H,28,29,30). The van der Waals surface area contributed by atoms with E-state index in [0.717, 1.165) is 52.7 Å². The molecule has 3 N–H and O–H groups in total.